The van der Waals surface area contributed by atoms with Gasteiger partial charge in [0, 0.05) is 12.3 Å². The summed E-state index contributed by atoms with van der Waals surface area (Å²) in [7, 11) is 0. The molecule has 124 valence electrons. The van der Waals surface area contributed by atoms with Crippen molar-refractivity contribution in [1.82, 2.24) is 0 Å². The summed E-state index contributed by atoms with van der Waals surface area (Å²) in [6.07, 6.45) is 0.365. The van der Waals surface area contributed by atoms with Crippen LogP contribution in [0.5, 0.6) is 0 Å². The second-order valence-electron chi connectivity index (χ2n) is 7.28. The minimum absolute atomic E-state index is 0.0943. The van der Waals surface area contributed by atoms with Crippen LogP contribution in [0.15, 0.2) is 48.5 Å². The SMILES string of the molecule is Cc1ccc(N2C(=O)[C@@H]3[C@@H](C2=O)[C@H]2C(=O)C[C@@H]3c3ccccc32)cc1. The van der Waals surface area contributed by atoms with E-state index in [0.29, 0.717) is 12.1 Å². The third-order valence-corrected chi connectivity index (χ3v) is 5.98. The van der Waals surface area contributed by atoms with Crippen LogP contribution in [-0.4, -0.2) is 17.6 Å². The smallest absolute Gasteiger partial charge is 0.238 e. The van der Waals surface area contributed by atoms with Crippen molar-refractivity contribution in [2.75, 3.05) is 4.90 Å². The number of carbonyl (C=O) groups excluding carboxylic acids is 3. The maximum Gasteiger partial charge on any atom is 0.238 e. The molecule has 2 aromatic carbocycles. The van der Waals surface area contributed by atoms with Crippen LogP contribution in [0.2, 0.25) is 0 Å². The average Bonchev–Trinajstić information content (AvgIpc) is 2.88. The highest BCUT2D eigenvalue weighted by Gasteiger charge is 2.62. The molecule has 1 saturated carbocycles. The number of rotatable bonds is 1. The van der Waals surface area contributed by atoms with Gasteiger partial charge in [-0.25, -0.2) is 0 Å². The van der Waals surface area contributed by atoms with E-state index in [9.17, 15) is 14.4 Å². The number of aryl methyl sites for hydroxylation is 1. The molecule has 6 rings (SSSR count). The third kappa shape index (κ3) is 1.79. The topological polar surface area (TPSA) is 54.5 Å². The van der Waals surface area contributed by atoms with E-state index in [4.69, 9.17) is 0 Å². The molecule has 4 nitrogen and oxygen atoms in total. The van der Waals surface area contributed by atoms with Gasteiger partial charge in [-0.15, -0.1) is 0 Å². The van der Waals surface area contributed by atoms with Crippen molar-refractivity contribution in [3.05, 3.63) is 65.2 Å². The molecule has 4 heteroatoms. The molecule has 1 aliphatic heterocycles. The van der Waals surface area contributed by atoms with Gasteiger partial charge in [-0.3, -0.25) is 19.3 Å². The van der Waals surface area contributed by atoms with E-state index in [0.717, 1.165) is 16.7 Å². The lowest BCUT2D eigenvalue weighted by atomic mass is 9.56. The first-order valence-corrected chi connectivity index (χ1v) is 8.64. The number of benzene rings is 2. The number of amides is 2. The summed E-state index contributed by atoms with van der Waals surface area (Å²) in [4.78, 5) is 40.2. The Hall–Kier alpha value is -2.75. The normalized spacial score (nSPS) is 29.8. The lowest BCUT2D eigenvalue weighted by Crippen LogP contribution is -2.44. The number of nitrogens with zero attached hydrogens (tertiary/aromatic N) is 1. The maximum atomic E-state index is 13.1. The van der Waals surface area contributed by atoms with Crippen LogP contribution in [0.3, 0.4) is 0 Å². The van der Waals surface area contributed by atoms with E-state index in [1.165, 1.54) is 4.90 Å². The zero-order chi connectivity index (χ0) is 17.3. The zero-order valence-corrected chi connectivity index (χ0v) is 13.8. The third-order valence-electron chi connectivity index (χ3n) is 5.98. The molecule has 0 N–H and O–H groups in total. The number of ketones is 1. The largest absolute Gasteiger partial charge is 0.299 e. The molecule has 0 aromatic heterocycles. The van der Waals surface area contributed by atoms with Crippen LogP contribution < -0.4 is 4.90 Å². The highest BCUT2D eigenvalue weighted by atomic mass is 16.2. The Bertz CT molecular complexity index is 930. The summed E-state index contributed by atoms with van der Waals surface area (Å²) in [5.74, 6) is -1.89. The molecule has 2 aromatic rings. The van der Waals surface area contributed by atoms with Gasteiger partial charge in [0.25, 0.3) is 0 Å². The Morgan fingerprint density at radius 2 is 1.48 bits per heavy atom. The van der Waals surface area contributed by atoms with E-state index < -0.39 is 17.8 Å². The van der Waals surface area contributed by atoms with Gasteiger partial charge >= 0.3 is 0 Å². The average molecular weight is 331 g/mol. The van der Waals surface area contributed by atoms with Crippen LogP contribution in [0.4, 0.5) is 5.69 Å². The molecule has 4 aliphatic rings. The zero-order valence-electron chi connectivity index (χ0n) is 13.8. The molecule has 4 atom stereocenters. The lowest BCUT2D eigenvalue weighted by molar-refractivity contribution is -0.134. The molecule has 1 saturated heterocycles. The van der Waals surface area contributed by atoms with E-state index in [2.05, 4.69) is 0 Å². The molecule has 25 heavy (non-hydrogen) atoms. The minimum atomic E-state index is -0.546. The van der Waals surface area contributed by atoms with Gasteiger partial charge in [-0.2, -0.15) is 0 Å². The Balaban J connectivity index is 1.65. The summed E-state index contributed by atoms with van der Waals surface area (Å²) in [5.41, 5.74) is 3.69. The molecule has 3 aliphatic carbocycles. The van der Waals surface area contributed by atoms with Gasteiger partial charge in [0.1, 0.15) is 5.78 Å². The van der Waals surface area contributed by atoms with Gasteiger partial charge in [0.05, 0.1) is 23.4 Å². The van der Waals surface area contributed by atoms with Gasteiger partial charge < -0.3 is 0 Å². The van der Waals surface area contributed by atoms with E-state index in [-0.39, 0.29) is 23.5 Å². The standard InChI is InChI=1S/C21H17NO3/c1-11-6-8-12(9-7-11)22-20(24)18-15-10-16(23)17(19(18)21(22)25)14-5-3-2-4-13(14)15/h2-9,15,17-19H,10H2,1H3/t15-,17-,18+,19+/m1/s1. The first-order chi connectivity index (χ1) is 12.1. The Morgan fingerprint density at radius 1 is 0.840 bits per heavy atom. The number of carbonyl (C=O) groups is 3. The van der Waals surface area contributed by atoms with Crippen LogP contribution in [-0.2, 0) is 14.4 Å². The predicted octanol–water partition coefficient (Wildman–Crippen LogP) is 2.95. The molecule has 2 amide bonds. The monoisotopic (exact) mass is 331 g/mol. The van der Waals surface area contributed by atoms with Gasteiger partial charge in [0.15, 0.2) is 0 Å². The Kier molecular flexibility index (Phi) is 2.85. The van der Waals surface area contributed by atoms with Crippen molar-refractivity contribution in [3.63, 3.8) is 0 Å². The van der Waals surface area contributed by atoms with Crippen molar-refractivity contribution in [3.8, 4) is 0 Å². The Labute approximate surface area is 145 Å². The quantitative estimate of drug-likeness (QED) is 0.755. The van der Waals surface area contributed by atoms with Crippen molar-refractivity contribution >= 4 is 23.3 Å². The van der Waals surface area contributed by atoms with E-state index in [1.54, 1.807) is 12.1 Å². The summed E-state index contributed by atoms with van der Waals surface area (Å²) in [6, 6.07) is 15.2. The fraction of sp³-hybridized carbons (Fsp3) is 0.286. The van der Waals surface area contributed by atoms with Crippen LogP contribution >= 0.6 is 0 Å². The van der Waals surface area contributed by atoms with Gasteiger partial charge in [-0.1, -0.05) is 42.0 Å². The molecule has 2 fully saturated rings. The molecular weight excluding hydrogens is 314 g/mol. The fourth-order valence-corrected chi connectivity index (χ4v) is 4.91. The number of Topliss-reactive ketones (excluding diaryl/α,β-unsaturated/α-hetero) is 1. The molecule has 1 heterocycles. The first-order valence-electron chi connectivity index (χ1n) is 8.64. The summed E-state index contributed by atoms with van der Waals surface area (Å²) >= 11 is 0. The highest BCUT2D eigenvalue weighted by molar-refractivity contribution is 6.24. The van der Waals surface area contributed by atoms with Crippen LogP contribution in [0.1, 0.15) is 34.9 Å². The van der Waals surface area contributed by atoms with Crippen LogP contribution in [0, 0.1) is 18.8 Å². The summed E-state index contributed by atoms with van der Waals surface area (Å²) in [6.45, 7) is 1.96. The van der Waals surface area contributed by atoms with Crippen molar-refractivity contribution < 1.29 is 14.4 Å². The predicted molar refractivity (Wildman–Crippen MR) is 92.2 cm³/mol. The van der Waals surface area contributed by atoms with Gasteiger partial charge in [0.2, 0.25) is 11.8 Å². The second kappa shape index (κ2) is 4.88. The van der Waals surface area contributed by atoms with E-state index in [1.807, 2.05) is 43.3 Å². The fourth-order valence-electron chi connectivity index (χ4n) is 4.91. The molecule has 2 bridgehead atoms. The summed E-state index contributed by atoms with van der Waals surface area (Å²) in [5, 5.41) is 0. The number of hydrogen-bond donors (Lipinski definition) is 0. The minimum Gasteiger partial charge on any atom is -0.299 e. The lowest BCUT2D eigenvalue weighted by Gasteiger charge is -2.43. The van der Waals surface area contributed by atoms with E-state index >= 15 is 0 Å². The van der Waals surface area contributed by atoms with Crippen LogP contribution in [0.25, 0.3) is 0 Å². The number of imide groups is 1. The van der Waals surface area contributed by atoms with Crippen molar-refractivity contribution in [1.29, 1.82) is 0 Å². The van der Waals surface area contributed by atoms with Crippen molar-refractivity contribution in [2.45, 2.75) is 25.2 Å². The maximum absolute atomic E-state index is 13.1. The second-order valence-corrected chi connectivity index (χ2v) is 7.28. The molecule has 0 spiro atoms. The van der Waals surface area contributed by atoms with Gasteiger partial charge in [-0.05, 0) is 30.2 Å². The molecular formula is C21H17NO3. The Morgan fingerprint density at radius 3 is 2.20 bits per heavy atom. The molecule has 0 unspecified atom stereocenters. The highest BCUT2D eigenvalue weighted by Crippen LogP contribution is 2.57. The molecule has 0 radical (unpaired) electrons. The first kappa shape index (κ1) is 14.6. The summed E-state index contributed by atoms with van der Waals surface area (Å²) < 4.78 is 0. The number of fused-ring (bicyclic) bond motifs is 1. The number of anilines is 1. The number of hydrogen-bond acceptors (Lipinski definition) is 3. The van der Waals surface area contributed by atoms with Crippen molar-refractivity contribution in [2.24, 2.45) is 11.8 Å².